The number of ether oxygens (including phenoxy) is 3. The molecule has 0 saturated heterocycles. The van der Waals surface area contributed by atoms with Gasteiger partial charge in [0.15, 0.2) is 0 Å². The fraction of sp³-hybridized carbons (Fsp3) is 1.00. The van der Waals surface area contributed by atoms with Gasteiger partial charge in [-0.15, -0.1) is 0 Å². The Morgan fingerprint density at radius 3 is 2.17 bits per heavy atom. The molecule has 3 heteroatoms. The standard InChI is InChI=1S/C9H20O3/c1-4-9(7-10-5-2)12-8-11-6-3/h9H,4-8H2,1-3H3. The largest absolute Gasteiger partial charge is 0.379 e. The molecule has 0 amide bonds. The van der Waals surface area contributed by atoms with E-state index < -0.39 is 0 Å². The van der Waals surface area contributed by atoms with Gasteiger partial charge < -0.3 is 14.2 Å². The Bertz CT molecular complexity index is 85.8. The molecule has 0 fully saturated rings. The molecule has 74 valence electrons. The van der Waals surface area contributed by atoms with Crippen molar-refractivity contribution in [3.63, 3.8) is 0 Å². The van der Waals surface area contributed by atoms with E-state index in [0.717, 1.165) is 13.0 Å². The zero-order valence-electron chi connectivity index (χ0n) is 8.34. The van der Waals surface area contributed by atoms with E-state index in [9.17, 15) is 0 Å². The van der Waals surface area contributed by atoms with Crippen molar-refractivity contribution >= 4 is 0 Å². The summed E-state index contributed by atoms with van der Waals surface area (Å²) in [4.78, 5) is 0. The lowest BCUT2D eigenvalue weighted by atomic mass is 10.3. The normalized spacial score (nSPS) is 13.2. The molecular weight excluding hydrogens is 156 g/mol. The summed E-state index contributed by atoms with van der Waals surface area (Å²) in [5, 5.41) is 0. The van der Waals surface area contributed by atoms with E-state index in [2.05, 4.69) is 6.92 Å². The van der Waals surface area contributed by atoms with Crippen LogP contribution >= 0.6 is 0 Å². The van der Waals surface area contributed by atoms with Crippen molar-refractivity contribution < 1.29 is 14.2 Å². The second-order valence-electron chi connectivity index (χ2n) is 2.47. The van der Waals surface area contributed by atoms with Crippen LogP contribution in [0, 0.1) is 0 Å². The minimum Gasteiger partial charge on any atom is -0.379 e. The van der Waals surface area contributed by atoms with Crippen LogP contribution in [0.5, 0.6) is 0 Å². The molecule has 0 aromatic carbocycles. The Kier molecular flexibility index (Phi) is 8.88. The highest BCUT2D eigenvalue weighted by molar-refractivity contribution is 4.51. The first-order valence-corrected chi connectivity index (χ1v) is 4.62. The molecule has 0 aromatic heterocycles. The lowest BCUT2D eigenvalue weighted by molar-refractivity contribution is -0.108. The van der Waals surface area contributed by atoms with Crippen LogP contribution in [0.15, 0.2) is 0 Å². The van der Waals surface area contributed by atoms with E-state index in [1.807, 2.05) is 13.8 Å². The average molecular weight is 176 g/mol. The average Bonchev–Trinajstić information content (AvgIpc) is 2.11. The second kappa shape index (κ2) is 8.97. The van der Waals surface area contributed by atoms with Crippen molar-refractivity contribution in [1.29, 1.82) is 0 Å². The topological polar surface area (TPSA) is 27.7 Å². The molecule has 0 aromatic rings. The van der Waals surface area contributed by atoms with E-state index in [-0.39, 0.29) is 6.10 Å². The first kappa shape index (κ1) is 11.9. The van der Waals surface area contributed by atoms with Crippen LogP contribution in [0.25, 0.3) is 0 Å². The molecule has 0 aliphatic rings. The number of hydrogen-bond donors (Lipinski definition) is 0. The van der Waals surface area contributed by atoms with Gasteiger partial charge in [0.2, 0.25) is 0 Å². The van der Waals surface area contributed by atoms with Crippen molar-refractivity contribution in [3.8, 4) is 0 Å². The van der Waals surface area contributed by atoms with Crippen LogP contribution < -0.4 is 0 Å². The zero-order valence-corrected chi connectivity index (χ0v) is 8.34. The van der Waals surface area contributed by atoms with E-state index in [4.69, 9.17) is 14.2 Å². The Balaban J connectivity index is 3.26. The first-order chi connectivity index (χ1) is 5.85. The van der Waals surface area contributed by atoms with Crippen molar-refractivity contribution in [2.45, 2.75) is 33.3 Å². The monoisotopic (exact) mass is 176 g/mol. The molecule has 0 aliphatic heterocycles. The summed E-state index contributed by atoms with van der Waals surface area (Å²) in [7, 11) is 0. The molecule has 0 N–H and O–H groups in total. The number of rotatable bonds is 8. The van der Waals surface area contributed by atoms with E-state index >= 15 is 0 Å². The molecule has 0 rings (SSSR count). The maximum atomic E-state index is 5.39. The van der Waals surface area contributed by atoms with Gasteiger partial charge >= 0.3 is 0 Å². The smallest absolute Gasteiger partial charge is 0.147 e. The van der Waals surface area contributed by atoms with Crippen LogP contribution in [0.2, 0.25) is 0 Å². The minimum absolute atomic E-state index is 0.177. The quantitative estimate of drug-likeness (QED) is 0.417. The molecule has 0 radical (unpaired) electrons. The molecule has 0 heterocycles. The first-order valence-electron chi connectivity index (χ1n) is 4.62. The van der Waals surface area contributed by atoms with Crippen LogP contribution in [0.1, 0.15) is 27.2 Å². The second-order valence-corrected chi connectivity index (χ2v) is 2.47. The maximum absolute atomic E-state index is 5.39. The third-order valence-corrected chi connectivity index (χ3v) is 1.55. The van der Waals surface area contributed by atoms with Gasteiger partial charge in [-0.1, -0.05) is 6.92 Å². The lowest BCUT2D eigenvalue weighted by Crippen LogP contribution is -2.20. The van der Waals surface area contributed by atoms with E-state index in [1.165, 1.54) is 0 Å². The summed E-state index contributed by atoms with van der Waals surface area (Å²) in [5.41, 5.74) is 0. The van der Waals surface area contributed by atoms with Crippen molar-refractivity contribution in [2.75, 3.05) is 26.6 Å². The molecule has 0 bridgehead atoms. The summed E-state index contributed by atoms with van der Waals surface area (Å²) in [5.74, 6) is 0. The SMILES string of the molecule is CCOCOC(CC)COCC. The van der Waals surface area contributed by atoms with Crippen LogP contribution in [-0.4, -0.2) is 32.7 Å². The molecule has 0 saturated carbocycles. The predicted octanol–water partition coefficient (Wildman–Crippen LogP) is 1.81. The van der Waals surface area contributed by atoms with Gasteiger partial charge in [0.05, 0.1) is 12.7 Å². The summed E-state index contributed by atoms with van der Waals surface area (Å²) >= 11 is 0. The third kappa shape index (κ3) is 6.58. The van der Waals surface area contributed by atoms with Gasteiger partial charge in [0, 0.05) is 13.2 Å². The van der Waals surface area contributed by atoms with Gasteiger partial charge in [0.1, 0.15) is 6.79 Å². The fourth-order valence-corrected chi connectivity index (χ4v) is 0.761. The summed E-state index contributed by atoms with van der Waals surface area (Å²) in [6, 6.07) is 0. The van der Waals surface area contributed by atoms with Gasteiger partial charge in [-0.2, -0.15) is 0 Å². The van der Waals surface area contributed by atoms with Gasteiger partial charge in [0.25, 0.3) is 0 Å². The molecule has 1 unspecified atom stereocenters. The molecule has 1 atom stereocenters. The Morgan fingerprint density at radius 2 is 1.67 bits per heavy atom. The van der Waals surface area contributed by atoms with Gasteiger partial charge in [-0.05, 0) is 20.3 Å². The number of hydrogen-bond acceptors (Lipinski definition) is 3. The Morgan fingerprint density at radius 1 is 1.00 bits per heavy atom. The molecule has 0 spiro atoms. The van der Waals surface area contributed by atoms with Crippen molar-refractivity contribution in [3.05, 3.63) is 0 Å². The third-order valence-electron chi connectivity index (χ3n) is 1.55. The molecular formula is C9H20O3. The maximum Gasteiger partial charge on any atom is 0.147 e. The van der Waals surface area contributed by atoms with Gasteiger partial charge in [-0.3, -0.25) is 0 Å². The Labute approximate surface area is 75.0 Å². The minimum atomic E-state index is 0.177. The fourth-order valence-electron chi connectivity index (χ4n) is 0.761. The predicted molar refractivity (Wildman–Crippen MR) is 48.2 cm³/mol. The molecule has 3 nitrogen and oxygen atoms in total. The van der Waals surface area contributed by atoms with Crippen LogP contribution in [0.4, 0.5) is 0 Å². The Hall–Kier alpha value is -0.120. The summed E-state index contributed by atoms with van der Waals surface area (Å²) in [6.45, 7) is 8.50. The molecule has 12 heavy (non-hydrogen) atoms. The lowest BCUT2D eigenvalue weighted by Gasteiger charge is -2.15. The van der Waals surface area contributed by atoms with Crippen molar-refractivity contribution in [1.82, 2.24) is 0 Å². The van der Waals surface area contributed by atoms with Crippen LogP contribution in [0.3, 0.4) is 0 Å². The van der Waals surface area contributed by atoms with Crippen molar-refractivity contribution in [2.24, 2.45) is 0 Å². The van der Waals surface area contributed by atoms with E-state index in [1.54, 1.807) is 0 Å². The highest BCUT2D eigenvalue weighted by Crippen LogP contribution is 1.98. The summed E-state index contributed by atoms with van der Waals surface area (Å²) < 4.78 is 15.7. The van der Waals surface area contributed by atoms with Gasteiger partial charge in [-0.25, -0.2) is 0 Å². The summed E-state index contributed by atoms with van der Waals surface area (Å²) in [6.07, 6.45) is 1.14. The van der Waals surface area contributed by atoms with Crippen LogP contribution in [-0.2, 0) is 14.2 Å². The van der Waals surface area contributed by atoms with E-state index in [0.29, 0.717) is 20.0 Å². The highest BCUT2D eigenvalue weighted by atomic mass is 16.7. The molecule has 0 aliphatic carbocycles. The zero-order chi connectivity index (χ0) is 9.23. The highest BCUT2D eigenvalue weighted by Gasteiger charge is 2.05.